The van der Waals surface area contributed by atoms with E-state index in [1.807, 2.05) is 11.0 Å². The largest absolute Gasteiger partial charge is 0.434 e. The van der Waals surface area contributed by atoms with Crippen molar-refractivity contribution in [2.75, 3.05) is 39.3 Å². The normalized spacial score (nSPS) is 19.3. The van der Waals surface area contributed by atoms with E-state index in [0.29, 0.717) is 50.1 Å². The third-order valence-electron chi connectivity index (χ3n) is 6.15. The lowest BCUT2D eigenvalue weighted by Crippen LogP contribution is -2.52. The summed E-state index contributed by atoms with van der Waals surface area (Å²) < 4.78 is 93.0. The van der Waals surface area contributed by atoms with E-state index in [9.17, 15) is 40.3 Å². The van der Waals surface area contributed by atoms with Gasteiger partial charge < -0.3 is 9.64 Å². The molecule has 0 aromatic heterocycles. The van der Waals surface area contributed by atoms with Crippen LogP contribution in [0.2, 0.25) is 0 Å². The molecule has 2 heterocycles. The van der Waals surface area contributed by atoms with Crippen LogP contribution < -0.4 is 0 Å². The summed E-state index contributed by atoms with van der Waals surface area (Å²) >= 11 is 0. The van der Waals surface area contributed by atoms with Crippen LogP contribution in [0, 0.1) is 0 Å². The minimum atomic E-state index is -5.77. The van der Waals surface area contributed by atoms with Gasteiger partial charge in [0.25, 0.3) is 6.10 Å². The first-order chi connectivity index (χ1) is 16.4. The predicted molar refractivity (Wildman–Crippen MR) is 110 cm³/mol. The molecular weight excluding hydrogens is 487 g/mol. The molecule has 2 aliphatic heterocycles. The average Bonchev–Trinajstić information content (AvgIpc) is 2.78. The summed E-state index contributed by atoms with van der Waals surface area (Å²) in [5.41, 5.74) is 2.00. The molecule has 2 saturated heterocycles. The number of alkyl halides is 7. The Morgan fingerprint density at radius 2 is 1.40 bits per heavy atom. The number of piperidine rings is 1. The summed E-state index contributed by atoms with van der Waals surface area (Å²) in [7, 11) is 0. The van der Waals surface area contributed by atoms with Crippen molar-refractivity contribution in [2.45, 2.75) is 50.6 Å². The van der Waals surface area contributed by atoms with Crippen molar-refractivity contribution in [1.29, 1.82) is 0 Å². The van der Waals surface area contributed by atoms with Crippen LogP contribution in [0.25, 0.3) is 0 Å². The van der Waals surface area contributed by atoms with Crippen LogP contribution in [-0.4, -0.2) is 91.0 Å². The Kier molecular flexibility index (Phi) is 8.63. The van der Waals surface area contributed by atoms with Gasteiger partial charge in [-0.25, -0.2) is 9.18 Å². The number of nitrogens with zero attached hydrogens (tertiary/aromatic N) is 3. The van der Waals surface area contributed by atoms with Gasteiger partial charge in [0.05, 0.1) is 0 Å². The zero-order valence-electron chi connectivity index (χ0n) is 18.7. The molecule has 1 amide bonds. The summed E-state index contributed by atoms with van der Waals surface area (Å²) in [6.45, 7) is 2.06. The van der Waals surface area contributed by atoms with Crippen LogP contribution in [0.3, 0.4) is 0 Å². The predicted octanol–water partition coefficient (Wildman–Crippen LogP) is 4.18. The lowest BCUT2D eigenvalue weighted by atomic mass is 9.99. The van der Waals surface area contributed by atoms with E-state index in [1.54, 1.807) is 12.1 Å². The fourth-order valence-corrected chi connectivity index (χ4v) is 4.22. The molecule has 35 heavy (non-hydrogen) atoms. The maximum Gasteiger partial charge on any atom is 0.434 e. The van der Waals surface area contributed by atoms with E-state index in [1.165, 1.54) is 0 Å². The first kappa shape index (κ1) is 27.2. The molecule has 13 heteroatoms. The molecule has 6 nitrogen and oxygen atoms in total. The van der Waals surface area contributed by atoms with Crippen molar-refractivity contribution < 1.29 is 45.1 Å². The van der Waals surface area contributed by atoms with Crippen molar-refractivity contribution in [2.24, 2.45) is 0 Å². The quantitative estimate of drug-likeness (QED) is 0.422. The first-order valence-corrected chi connectivity index (χ1v) is 11.1. The Morgan fingerprint density at radius 3 is 1.86 bits per heavy atom. The second-order valence-corrected chi connectivity index (χ2v) is 8.67. The molecule has 0 aliphatic carbocycles. The number of piperazine rings is 1. The summed E-state index contributed by atoms with van der Waals surface area (Å²) in [5.74, 6) is 0. The molecule has 0 N–H and O–H groups in total. The van der Waals surface area contributed by atoms with Crippen LogP contribution in [0.5, 0.6) is 0 Å². The van der Waals surface area contributed by atoms with Gasteiger partial charge in [0.1, 0.15) is 6.17 Å². The molecule has 0 bridgehead atoms. The standard InChI is InChI=1S/C22H26F7N3O3/c23-17-4-6-30(7-5-17)12-15-2-1-3-16(18(15)14-33)13-31-8-10-32(11-9-31)20(34)35-19(21(24,25)26)22(27,28)29/h1-3,14,17,19H,4-13H2. The first-order valence-electron chi connectivity index (χ1n) is 11.1. The summed E-state index contributed by atoms with van der Waals surface area (Å²) in [6, 6.07) is 5.38. The number of carbonyl (C=O) groups is 2. The molecule has 0 radical (unpaired) electrons. The molecule has 3 rings (SSSR count). The third kappa shape index (κ3) is 7.29. The van der Waals surface area contributed by atoms with Crippen LogP contribution >= 0.6 is 0 Å². The number of benzene rings is 1. The van der Waals surface area contributed by atoms with Gasteiger partial charge in [-0.1, -0.05) is 18.2 Å². The Hall–Kier alpha value is -2.41. The van der Waals surface area contributed by atoms with Crippen molar-refractivity contribution in [3.63, 3.8) is 0 Å². The number of hydrogen-bond donors (Lipinski definition) is 0. The molecular formula is C22H26F7N3O3. The summed E-state index contributed by atoms with van der Waals surface area (Å²) in [6.07, 6.45) is -16.6. The highest BCUT2D eigenvalue weighted by Gasteiger charge is 2.60. The molecule has 196 valence electrons. The SMILES string of the molecule is O=Cc1c(CN2CCC(F)CC2)cccc1CN1CCN(C(=O)OC(C(F)(F)F)C(F)(F)F)CC1. The smallest absolute Gasteiger partial charge is 0.426 e. The van der Waals surface area contributed by atoms with Crippen LogP contribution in [0.1, 0.15) is 34.3 Å². The summed E-state index contributed by atoms with van der Waals surface area (Å²) in [4.78, 5) is 28.5. The van der Waals surface area contributed by atoms with Gasteiger partial charge in [-0.05, 0) is 24.0 Å². The van der Waals surface area contributed by atoms with Crippen LogP contribution in [-0.2, 0) is 17.8 Å². The zero-order chi connectivity index (χ0) is 25.8. The second kappa shape index (κ2) is 11.1. The molecule has 1 aromatic carbocycles. The fraction of sp³-hybridized carbons (Fsp3) is 0.636. The van der Waals surface area contributed by atoms with Gasteiger partial charge in [-0.3, -0.25) is 14.6 Å². The number of halogens is 7. The highest BCUT2D eigenvalue weighted by atomic mass is 19.4. The van der Waals surface area contributed by atoms with Crippen molar-refractivity contribution in [1.82, 2.24) is 14.7 Å². The molecule has 0 unspecified atom stereocenters. The minimum Gasteiger partial charge on any atom is -0.426 e. The number of carbonyl (C=O) groups excluding carboxylic acids is 2. The van der Waals surface area contributed by atoms with E-state index in [-0.39, 0.29) is 26.2 Å². The summed E-state index contributed by atoms with van der Waals surface area (Å²) in [5, 5.41) is 0. The van der Waals surface area contributed by atoms with E-state index in [4.69, 9.17) is 0 Å². The minimum absolute atomic E-state index is 0.129. The Labute approximate surface area is 197 Å². The zero-order valence-corrected chi connectivity index (χ0v) is 18.7. The highest BCUT2D eigenvalue weighted by Crippen LogP contribution is 2.36. The molecule has 1 aromatic rings. The van der Waals surface area contributed by atoms with Gasteiger partial charge in [-0.2, -0.15) is 26.3 Å². The Balaban J connectivity index is 1.58. The number of amides is 1. The van der Waals surface area contributed by atoms with Gasteiger partial charge in [0.2, 0.25) is 0 Å². The topological polar surface area (TPSA) is 53.1 Å². The second-order valence-electron chi connectivity index (χ2n) is 8.67. The van der Waals surface area contributed by atoms with E-state index >= 15 is 0 Å². The van der Waals surface area contributed by atoms with Crippen molar-refractivity contribution in [3.05, 3.63) is 34.9 Å². The van der Waals surface area contributed by atoms with Gasteiger partial charge in [0.15, 0.2) is 6.29 Å². The van der Waals surface area contributed by atoms with Crippen molar-refractivity contribution >= 4 is 12.4 Å². The number of hydrogen-bond acceptors (Lipinski definition) is 5. The Bertz CT molecular complexity index is 864. The van der Waals surface area contributed by atoms with Crippen molar-refractivity contribution in [3.8, 4) is 0 Å². The number of ether oxygens (including phenoxy) is 1. The molecule has 2 aliphatic rings. The maximum atomic E-state index is 13.4. The van der Waals surface area contributed by atoms with Gasteiger partial charge >= 0.3 is 18.4 Å². The van der Waals surface area contributed by atoms with Gasteiger partial charge in [0, 0.05) is 57.9 Å². The molecule has 2 fully saturated rings. The van der Waals surface area contributed by atoms with Crippen LogP contribution in [0.15, 0.2) is 18.2 Å². The highest BCUT2D eigenvalue weighted by molar-refractivity contribution is 5.79. The molecule has 0 spiro atoms. The number of aldehydes is 1. The maximum absolute atomic E-state index is 13.4. The molecule has 0 saturated carbocycles. The fourth-order valence-electron chi connectivity index (χ4n) is 4.22. The lowest BCUT2D eigenvalue weighted by Gasteiger charge is -2.35. The van der Waals surface area contributed by atoms with Gasteiger partial charge in [-0.15, -0.1) is 0 Å². The monoisotopic (exact) mass is 513 g/mol. The van der Waals surface area contributed by atoms with Crippen LogP contribution in [0.4, 0.5) is 35.5 Å². The molecule has 0 atom stereocenters. The van der Waals surface area contributed by atoms with E-state index in [0.717, 1.165) is 16.7 Å². The number of rotatable bonds is 6. The van der Waals surface area contributed by atoms with E-state index in [2.05, 4.69) is 9.64 Å². The Morgan fingerprint density at radius 1 is 0.914 bits per heavy atom. The number of likely N-dealkylation sites (tertiary alicyclic amines) is 1. The third-order valence-corrected chi connectivity index (χ3v) is 6.15. The lowest BCUT2D eigenvalue weighted by molar-refractivity contribution is -0.308. The average molecular weight is 513 g/mol. The van der Waals surface area contributed by atoms with E-state index < -0.39 is 30.7 Å².